The van der Waals surface area contributed by atoms with E-state index in [9.17, 15) is 5.11 Å². The summed E-state index contributed by atoms with van der Waals surface area (Å²) in [5.74, 6) is 1.01. The Kier molecular flexibility index (Phi) is 4.43. The van der Waals surface area contributed by atoms with E-state index in [1.165, 1.54) is 31.2 Å². The lowest BCUT2D eigenvalue weighted by molar-refractivity contribution is 0.0251. The van der Waals surface area contributed by atoms with Crippen LogP contribution in [0.2, 0.25) is 0 Å². The zero-order chi connectivity index (χ0) is 12.1. The molecule has 1 saturated carbocycles. The number of aromatic hydroxyl groups is 1. The average Bonchev–Trinajstić information content (AvgIpc) is 2.38. The third-order valence-corrected chi connectivity index (χ3v) is 3.60. The van der Waals surface area contributed by atoms with Gasteiger partial charge in [0.25, 0.3) is 0 Å². The number of ether oxygens (including phenoxy) is 1. The first-order valence-electron chi connectivity index (χ1n) is 6.70. The van der Waals surface area contributed by atoms with Gasteiger partial charge in [0, 0.05) is 6.61 Å². The van der Waals surface area contributed by atoms with Crippen LogP contribution in [0.3, 0.4) is 0 Å². The molecule has 1 aliphatic rings. The highest BCUT2D eigenvalue weighted by Gasteiger charge is 2.22. The second-order valence-corrected chi connectivity index (χ2v) is 4.94. The van der Waals surface area contributed by atoms with Crippen LogP contribution in [0.4, 0.5) is 0 Å². The van der Waals surface area contributed by atoms with Crippen LogP contribution in [-0.4, -0.2) is 17.8 Å². The Bertz CT molecular complexity index is 323. The number of hydrogen-bond acceptors (Lipinski definition) is 2. The Morgan fingerprint density at radius 3 is 2.35 bits per heavy atom. The number of phenols is 1. The standard InChI is InChI=1S/C15H22O2/c1-2-11-17-15-9-5-13(6-10-15)12-3-7-14(16)8-4-12/h3-4,7-8,13,15-16H,2,5-6,9-11H2,1H3. The Morgan fingerprint density at radius 1 is 1.12 bits per heavy atom. The maximum absolute atomic E-state index is 9.27. The van der Waals surface area contributed by atoms with Gasteiger partial charge in [0.15, 0.2) is 0 Å². The van der Waals surface area contributed by atoms with Gasteiger partial charge in [-0.2, -0.15) is 0 Å². The minimum absolute atomic E-state index is 0.355. The van der Waals surface area contributed by atoms with Gasteiger partial charge in [0.1, 0.15) is 5.75 Å². The second kappa shape index (κ2) is 6.06. The van der Waals surface area contributed by atoms with Gasteiger partial charge in [-0.25, -0.2) is 0 Å². The van der Waals surface area contributed by atoms with Crippen molar-refractivity contribution in [2.75, 3.05) is 6.61 Å². The predicted octanol–water partition coefficient (Wildman–Crippen LogP) is 3.85. The highest BCUT2D eigenvalue weighted by atomic mass is 16.5. The van der Waals surface area contributed by atoms with Crippen LogP contribution in [0.15, 0.2) is 24.3 Å². The summed E-state index contributed by atoms with van der Waals surface area (Å²) in [6.45, 7) is 3.05. The number of phenolic OH excluding ortho intramolecular Hbond substituents is 1. The largest absolute Gasteiger partial charge is 0.508 e. The van der Waals surface area contributed by atoms with Gasteiger partial charge in [0.2, 0.25) is 0 Å². The molecule has 0 radical (unpaired) electrons. The second-order valence-electron chi connectivity index (χ2n) is 4.94. The summed E-state index contributed by atoms with van der Waals surface area (Å²) < 4.78 is 5.80. The van der Waals surface area contributed by atoms with Crippen LogP contribution in [-0.2, 0) is 4.74 Å². The molecule has 0 aromatic heterocycles. The maximum Gasteiger partial charge on any atom is 0.115 e. The van der Waals surface area contributed by atoms with Crippen molar-refractivity contribution < 1.29 is 9.84 Å². The third kappa shape index (κ3) is 3.47. The molecule has 2 rings (SSSR count). The van der Waals surface area contributed by atoms with Crippen LogP contribution in [0.5, 0.6) is 5.75 Å². The molecule has 0 saturated heterocycles. The van der Waals surface area contributed by atoms with E-state index >= 15 is 0 Å². The molecule has 0 atom stereocenters. The van der Waals surface area contributed by atoms with Gasteiger partial charge in [-0.3, -0.25) is 0 Å². The molecule has 2 heteroatoms. The first-order valence-corrected chi connectivity index (χ1v) is 6.70. The minimum atomic E-state index is 0.355. The fourth-order valence-electron chi connectivity index (χ4n) is 2.59. The van der Waals surface area contributed by atoms with Crippen molar-refractivity contribution in [2.24, 2.45) is 0 Å². The molecule has 1 aromatic rings. The molecule has 0 amide bonds. The highest BCUT2D eigenvalue weighted by molar-refractivity contribution is 5.28. The van der Waals surface area contributed by atoms with Gasteiger partial charge in [-0.05, 0) is 55.7 Å². The predicted molar refractivity (Wildman–Crippen MR) is 69.3 cm³/mol. The van der Waals surface area contributed by atoms with E-state index in [0.717, 1.165) is 13.0 Å². The lowest BCUT2D eigenvalue weighted by Gasteiger charge is -2.28. The Hall–Kier alpha value is -1.02. The van der Waals surface area contributed by atoms with E-state index in [0.29, 0.717) is 17.8 Å². The van der Waals surface area contributed by atoms with Crippen molar-refractivity contribution in [2.45, 2.75) is 51.0 Å². The lowest BCUT2D eigenvalue weighted by Crippen LogP contribution is -2.21. The van der Waals surface area contributed by atoms with Gasteiger partial charge in [-0.15, -0.1) is 0 Å². The molecule has 1 aliphatic carbocycles. The summed E-state index contributed by atoms with van der Waals surface area (Å²) in [6.07, 6.45) is 6.34. The van der Waals surface area contributed by atoms with Crippen LogP contribution < -0.4 is 0 Å². The molecule has 0 aliphatic heterocycles. The molecular formula is C15H22O2. The van der Waals surface area contributed by atoms with E-state index in [1.54, 1.807) is 12.1 Å². The summed E-state index contributed by atoms with van der Waals surface area (Å²) in [7, 11) is 0. The van der Waals surface area contributed by atoms with Gasteiger partial charge >= 0.3 is 0 Å². The fraction of sp³-hybridized carbons (Fsp3) is 0.600. The van der Waals surface area contributed by atoms with Crippen molar-refractivity contribution in [1.82, 2.24) is 0 Å². The molecule has 94 valence electrons. The fourth-order valence-corrected chi connectivity index (χ4v) is 2.59. The van der Waals surface area contributed by atoms with Crippen LogP contribution >= 0.6 is 0 Å². The molecule has 17 heavy (non-hydrogen) atoms. The van der Waals surface area contributed by atoms with E-state index in [-0.39, 0.29) is 0 Å². The van der Waals surface area contributed by atoms with Crippen LogP contribution in [0, 0.1) is 0 Å². The smallest absolute Gasteiger partial charge is 0.115 e. The van der Waals surface area contributed by atoms with E-state index < -0.39 is 0 Å². The molecule has 0 unspecified atom stereocenters. The first kappa shape index (κ1) is 12.4. The maximum atomic E-state index is 9.27. The molecular weight excluding hydrogens is 212 g/mol. The van der Waals surface area contributed by atoms with E-state index in [2.05, 4.69) is 6.92 Å². The molecule has 1 N–H and O–H groups in total. The number of hydrogen-bond donors (Lipinski definition) is 1. The van der Waals surface area contributed by atoms with E-state index in [1.807, 2.05) is 12.1 Å². The molecule has 0 heterocycles. The monoisotopic (exact) mass is 234 g/mol. The molecule has 2 nitrogen and oxygen atoms in total. The average molecular weight is 234 g/mol. The van der Waals surface area contributed by atoms with Crippen molar-refractivity contribution in [3.05, 3.63) is 29.8 Å². The highest BCUT2D eigenvalue weighted by Crippen LogP contribution is 2.34. The zero-order valence-corrected chi connectivity index (χ0v) is 10.6. The summed E-state index contributed by atoms with van der Waals surface area (Å²) in [4.78, 5) is 0. The molecule has 1 fully saturated rings. The normalized spacial score (nSPS) is 24.8. The molecule has 1 aromatic carbocycles. The molecule has 0 spiro atoms. The van der Waals surface area contributed by atoms with Crippen LogP contribution in [0.25, 0.3) is 0 Å². The summed E-state index contributed by atoms with van der Waals surface area (Å²) >= 11 is 0. The summed E-state index contributed by atoms with van der Waals surface area (Å²) in [5.41, 5.74) is 1.36. The quantitative estimate of drug-likeness (QED) is 0.857. The summed E-state index contributed by atoms with van der Waals surface area (Å²) in [6, 6.07) is 7.67. The zero-order valence-electron chi connectivity index (χ0n) is 10.6. The third-order valence-electron chi connectivity index (χ3n) is 3.60. The van der Waals surface area contributed by atoms with Crippen molar-refractivity contribution in [3.63, 3.8) is 0 Å². The van der Waals surface area contributed by atoms with Gasteiger partial charge in [0.05, 0.1) is 6.10 Å². The Morgan fingerprint density at radius 2 is 1.76 bits per heavy atom. The number of benzene rings is 1. The Balaban J connectivity index is 1.84. The lowest BCUT2D eigenvalue weighted by atomic mass is 9.83. The van der Waals surface area contributed by atoms with Gasteiger partial charge < -0.3 is 9.84 Å². The first-order chi connectivity index (χ1) is 8.29. The van der Waals surface area contributed by atoms with Crippen molar-refractivity contribution >= 4 is 0 Å². The minimum Gasteiger partial charge on any atom is -0.508 e. The van der Waals surface area contributed by atoms with E-state index in [4.69, 9.17) is 4.74 Å². The summed E-state index contributed by atoms with van der Waals surface area (Å²) in [5, 5.41) is 9.27. The number of rotatable bonds is 4. The van der Waals surface area contributed by atoms with Crippen LogP contribution in [0.1, 0.15) is 50.5 Å². The topological polar surface area (TPSA) is 29.5 Å². The SMILES string of the molecule is CCCOC1CCC(c2ccc(O)cc2)CC1. The van der Waals surface area contributed by atoms with Crippen molar-refractivity contribution in [1.29, 1.82) is 0 Å². The Labute approximate surface area is 104 Å². The molecule has 0 bridgehead atoms. The van der Waals surface area contributed by atoms with Crippen molar-refractivity contribution in [3.8, 4) is 5.75 Å². The van der Waals surface area contributed by atoms with Gasteiger partial charge in [-0.1, -0.05) is 19.1 Å².